The Morgan fingerprint density at radius 3 is 2.68 bits per heavy atom. The van der Waals surface area contributed by atoms with Crippen LogP contribution in [0, 0.1) is 5.21 Å². The van der Waals surface area contributed by atoms with Crippen molar-refractivity contribution in [2.45, 2.75) is 0 Å². The van der Waals surface area contributed by atoms with Gasteiger partial charge < -0.3 is 9.94 Å². The van der Waals surface area contributed by atoms with Crippen LogP contribution in [0.25, 0.3) is 0 Å². The van der Waals surface area contributed by atoms with Crippen molar-refractivity contribution < 1.29 is 19.1 Å². The van der Waals surface area contributed by atoms with E-state index in [9.17, 15) is 14.8 Å². The van der Waals surface area contributed by atoms with Crippen LogP contribution >= 0.6 is 15.9 Å². The number of ether oxygens (including phenoxy) is 1. The monoisotopic (exact) mass is 359 g/mol. The van der Waals surface area contributed by atoms with Gasteiger partial charge >= 0.3 is 5.97 Å². The zero-order valence-electron chi connectivity index (χ0n) is 11.5. The highest BCUT2D eigenvalue weighted by Gasteiger charge is 2.37. The van der Waals surface area contributed by atoms with E-state index in [4.69, 9.17) is 0 Å². The van der Waals surface area contributed by atoms with Crippen LogP contribution in [0.4, 0.5) is 5.69 Å². The van der Waals surface area contributed by atoms with Crippen LogP contribution in [0.5, 0.6) is 0 Å². The minimum atomic E-state index is -0.556. The second kappa shape index (κ2) is 5.38. The first kappa shape index (κ1) is 14.5. The maximum atomic E-state index is 12.5. The SMILES string of the molecule is COC(=O)c1ccc2c(c1)[N+]([O-])=C(c1cccc(Br)c1)C2=O. The molecule has 0 aliphatic carbocycles. The normalized spacial score (nSPS) is 13.3. The van der Waals surface area contributed by atoms with Crippen molar-refractivity contribution in [3.05, 3.63) is 68.8 Å². The van der Waals surface area contributed by atoms with Gasteiger partial charge in [-0.25, -0.2) is 4.79 Å². The van der Waals surface area contributed by atoms with Crippen molar-refractivity contribution in [2.24, 2.45) is 0 Å². The van der Waals surface area contributed by atoms with Crippen LogP contribution in [0.3, 0.4) is 0 Å². The van der Waals surface area contributed by atoms with Crippen molar-refractivity contribution in [1.29, 1.82) is 0 Å². The van der Waals surface area contributed by atoms with Crippen molar-refractivity contribution in [3.63, 3.8) is 0 Å². The van der Waals surface area contributed by atoms with Crippen LogP contribution in [-0.2, 0) is 4.74 Å². The maximum Gasteiger partial charge on any atom is 0.338 e. The van der Waals surface area contributed by atoms with Gasteiger partial charge in [-0.1, -0.05) is 22.0 Å². The summed E-state index contributed by atoms with van der Waals surface area (Å²) in [6, 6.07) is 11.3. The van der Waals surface area contributed by atoms with Crippen LogP contribution in [0.2, 0.25) is 0 Å². The lowest BCUT2D eigenvalue weighted by atomic mass is 10.0. The fourth-order valence-corrected chi connectivity index (χ4v) is 2.76. The number of rotatable bonds is 2. The standard InChI is InChI=1S/C16H10BrNO4/c1-22-16(20)10-5-6-12-13(8-10)18(21)14(15(12)19)9-3-2-4-11(17)7-9/h2-8H,1H3. The van der Waals surface area contributed by atoms with Crippen molar-refractivity contribution in [3.8, 4) is 0 Å². The van der Waals surface area contributed by atoms with E-state index in [1.807, 2.05) is 0 Å². The van der Waals surface area contributed by atoms with Gasteiger partial charge in [0.05, 0.1) is 18.2 Å². The van der Waals surface area contributed by atoms with E-state index >= 15 is 0 Å². The lowest BCUT2D eigenvalue weighted by molar-refractivity contribution is -0.355. The molecule has 0 saturated carbocycles. The van der Waals surface area contributed by atoms with E-state index < -0.39 is 5.97 Å². The molecule has 0 radical (unpaired) electrons. The Morgan fingerprint density at radius 1 is 1.23 bits per heavy atom. The molecule has 110 valence electrons. The second-order valence-corrected chi connectivity index (χ2v) is 5.62. The van der Waals surface area contributed by atoms with Gasteiger partial charge in [-0.05, 0) is 30.3 Å². The van der Waals surface area contributed by atoms with Gasteiger partial charge in [0.25, 0.3) is 11.5 Å². The predicted octanol–water partition coefficient (Wildman–Crippen LogP) is 3.06. The number of hydrogen-bond acceptors (Lipinski definition) is 4. The molecule has 22 heavy (non-hydrogen) atoms. The highest BCUT2D eigenvalue weighted by molar-refractivity contribution is 9.10. The summed E-state index contributed by atoms with van der Waals surface area (Å²) in [5.74, 6) is -0.918. The van der Waals surface area contributed by atoms with E-state index in [-0.39, 0.29) is 28.3 Å². The second-order valence-electron chi connectivity index (χ2n) is 4.71. The number of halogens is 1. The Balaban J connectivity index is 2.15. The molecule has 0 saturated heterocycles. The molecule has 0 unspecified atom stereocenters. The van der Waals surface area contributed by atoms with Gasteiger partial charge in [0.1, 0.15) is 5.56 Å². The van der Waals surface area contributed by atoms with Gasteiger partial charge in [0, 0.05) is 10.5 Å². The summed E-state index contributed by atoms with van der Waals surface area (Å²) in [6.45, 7) is 0. The molecule has 1 heterocycles. The predicted molar refractivity (Wildman–Crippen MR) is 83.7 cm³/mol. The molecular formula is C16H10BrNO4. The number of carbonyl (C=O) groups is 2. The van der Waals surface area contributed by atoms with Gasteiger partial charge in [-0.2, -0.15) is 4.74 Å². The molecule has 5 nitrogen and oxygen atoms in total. The third kappa shape index (κ3) is 2.21. The highest BCUT2D eigenvalue weighted by atomic mass is 79.9. The molecule has 0 fully saturated rings. The maximum absolute atomic E-state index is 12.5. The molecule has 0 bridgehead atoms. The summed E-state index contributed by atoms with van der Waals surface area (Å²) >= 11 is 3.32. The Bertz CT molecular complexity index is 842. The Labute approximate surface area is 134 Å². The topological polar surface area (TPSA) is 69.4 Å². The first-order valence-corrected chi connectivity index (χ1v) is 7.19. The van der Waals surface area contributed by atoms with E-state index in [0.29, 0.717) is 10.3 Å². The lowest BCUT2D eigenvalue weighted by Crippen LogP contribution is -2.16. The van der Waals surface area contributed by atoms with E-state index in [0.717, 1.165) is 4.47 Å². The van der Waals surface area contributed by atoms with Crippen molar-refractivity contribution >= 4 is 39.1 Å². The molecule has 2 aromatic carbocycles. The number of hydrogen-bond donors (Lipinski definition) is 0. The van der Waals surface area contributed by atoms with Crippen molar-refractivity contribution in [2.75, 3.05) is 7.11 Å². The fraction of sp³-hybridized carbons (Fsp3) is 0.0625. The average Bonchev–Trinajstić information content (AvgIpc) is 2.77. The van der Waals surface area contributed by atoms with Gasteiger partial charge in [0.2, 0.25) is 5.69 Å². The molecule has 0 amide bonds. The van der Waals surface area contributed by atoms with Gasteiger partial charge in [0.15, 0.2) is 0 Å². The summed E-state index contributed by atoms with van der Waals surface area (Å²) in [5.41, 5.74) is 1.22. The molecular weight excluding hydrogens is 350 g/mol. The fourth-order valence-electron chi connectivity index (χ4n) is 2.36. The largest absolute Gasteiger partial charge is 0.618 e. The van der Waals surface area contributed by atoms with Crippen LogP contribution in [-0.4, -0.2) is 29.3 Å². The molecule has 0 spiro atoms. The quantitative estimate of drug-likeness (QED) is 0.469. The first-order valence-electron chi connectivity index (χ1n) is 6.40. The van der Waals surface area contributed by atoms with E-state index in [1.54, 1.807) is 24.3 Å². The molecule has 1 aliphatic rings. The molecule has 1 aliphatic heterocycles. The average molecular weight is 360 g/mol. The number of nitrogens with zero attached hydrogens (tertiary/aromatic N) is 1. The summed E-state index contributed by atoms with van der Waals surface area (Å²) in [6.07, 6.45) is 0. The number of carbonyl (C=O) groups excluding carboxylic acids is 2. The third-order valence-corrected chi connectivity index (χ3v) is 3.89. The Hall–Kier alpha value is -2.47. The van der Waals surface area contributed by atoms with E-state index in [2.05, 4.69) is 20.7 Å². The number of fused-ring (bicyclic) bond motifs is 1. The Morgan fingerprint density at radius 2 is 2.00 bits per heavy atom. The smallest absolute Gasteiger partial charge is 0.338 e. The molecule has 0 atom stereocenters. The molecule has 0 aromatic heterocycles. The number of esters is 1. The lowest BCUT2D eigenvalue weighted by Gasteiger charge is -2.03. The summed E-state index contributed by atoms with van der Waals surface area (Å²) in [4.78, 5) is 24.0. The van der Waals surface area contributed by atoms with Gasteiger partial charge in [-0.15, -0.1) is 0 Å². The summed E-state index contributed by atoms with van der Waals surface area (Å²) in [7, 11) is 1.26. The van der Waals surface area contributed by atoms with Crippen LogP contribution < -0.4 is 0 Å². The van der Waals surface area contributed by atoms with Crippen molar-refractivity contribution in [1.82, 2.24) is 0 Å². The van der Waals surface area contributed by atoms with Crippen LogP contribution in [0.15, 0.2) is 46.9 Å². The molecule has 3 rings (SSSR count). The first-order chi connectivity index (χ1) is 10.5. The zero-order chi connectivity index (χ0) is 15.9. The third-order valence-electron chi connectivity index (χ3n) is 3.40. The minimum Gasteiger partial charge on any atom is -0.618 e. The summed E-state index contributed by atoms with van der Waals surface area (Å²) in [5, 5.41) is 12.5. The number of methoxy groups -OCH3 is 1. The molecule has 2 aromatic rings. The summed E-state index contributed by atoms with van der Waals surface area (Å²) < 4.78 is 5.96. The molecule has 0 N–H and O–H groups in total. The Kier molecular flexibility index (Phi) is 3.54. The minimum absolute atomic E-state index is 0.0401. The highest BCUT2D eigenvalue weighted by Crippen LogP contribution is 2.30. The van der Waals surface area contributed by atoms with E-state index in [1.165, 1.54) is 25.3 Å². The number of Topliss-reactive ketones (excluding diaryl/α,β-unsaturated/α-hetero) is 1. The zero-order valence-corrected chi connectivity index (χ0v) is 13.1. The number of benzene rings is 2. The van der Waals surface area contributed by atoms with Crippen LogP contribution in [0.1, 0.15) is 26.3 Å². The van der Waals surface area contributed by atoms with Gasteiger partial charge in [-0.3, -0.25) is 4.79 Å². The molecule has 6 heteroatoms. The number of ketones is 1.